The smallest absolute Gasteiger partial charge is 0.332 e. The average molecular weight is 187 g/mol. The summed E-state index contributed by atoms with van der Waals surface area (Å²) in [6.45, 7) is 5.37. The van der Waals surface area contributed by atoms with Crippen molar-refractivity contribution in [3.8, 4) is 0 Å². The summed E-state index contributed by atoms with van der Waals surface area (Å²) in [5, 5.41) is 8.55. The molecule has 4 heteroatoms. The Morgan fingerprint density at radius 3 is 2.69 bits per heavy atom. The lowest BCUT2D eigenvalue weighted by Crippen LogP contribution is -2.25. The number of carbonyl (C=O) groups is 1. The minimum absolute atomic E-state index is 0.222. The normalized spacial score (nSPS) is 10.4. The summed E-state index contributed by atoms with van der Waals surface area (Å²) in [6.07, 6.45) is 0.903. The molecule has 0 saturated heterocycles. The number of ether oxygens (including phenoxy) is 1. The summed E-state index contributed by atoms with van der Waals surface area (Å²) in [5.41, 5.74) is 0.222. The average Bonchev–Trinajstić information content (AvgIpc) is 2.04. The van der Waals surface area contributed by atoms with Crippen LogP contribution < -0.4 is 0 Å². The Hall–Kier alpha value is -0.870. The molecule has 0 aromatic carbocycles. The van der Waals surface area contributed by atoms with Crippen molar-refractivity contribution in [2.45, 2.75) is 6.42 Å². The summed E-state index contributed by atoms with van der Waals surface area (Å²) < 4.78 is 4.88. The first-order chi connectivity index (χ1) is 6.07. The standard InChI is InChI=1S/C9H17NO3/c1-8(9(11)12)7-10(2)5-4-6-13-3/h1,4-7H2,2-3H3,(H,11,12). The van der Waals surface area contributed by atoms with Gasteiger partial charge in [0.1, 0.15) is 0 Å². The molecule has 0 amide bonds. The van der Waals surface area contributed by atoms with Gasteiger partial charge in [-0.15, -0.1) is 0 Å². The Balaban J connectivity index is 3.55. The maximum absolute atomic E-state index is 10.4. The Labute approximate surface area is 78.8 Å². The molecule has 0 unspecified atom stereocenters. The number of hydrogen-bond acceptors (Lipinski definition) is 3. The molecule has 0 radical (unpaired) electrons. The Morgan fingerprint density at radius 2 is 2.23 bits per heavy atom. The van der Waals surface area contributed by atoms with Crippen LogP contribution in [0.25, 0.3) is 0 Å². The number of likely N-dealkylation sites (N-methyl/N-ethyl adjacent to an activating group) is 1. The van der Waals surface area contributed by atoms with E-state index >= 15 is 0 Å². The topological polar surface area (TPSA) is 49.8 Å². The highest BCUT2D eigenvalue weighted by atomic mass is 16.5. The molecule has 0 aromatic heterocycles. The molecule has 0 atom stereocenters. The summed E-state index contributed by atoms with van der Waals surface area (Å²) in [4.78, 5) is 12.3. The minimum atomic E-state index is -0.932. The van der Waals surface area contributed by atoms with Crippen LogP contribution in [0.2, 0.25) is 0 Å². The van der Waals surface area contributed by atoms with Crippen LogP contribution in [0.1, 0.15) is 6.42 Å². The number of aliphatic carboxylic acids is 1. The quantitative estimate of drug-likeness (QED) is 0.468. The summed E-state index contributed by atoms with van der Waals surface area (Å²) in [7, 11) is 3.51. The molecule has 0 aliphatic heterocycles. The van der Waals surface area contributed by atoms with Gasteiger partial charge < -0.3 is 14.7 Å². The predicted octanol–water partition coefficient (Wildman–Crippen LogP) is 0.595. The van der Waals surface area contributed by atoms with Crippen LogP contribution in [0.15, 0.2) is 12.2 Å². The van der Waals surface area contributed by atoms with Crippen molar-refractivity contribution in [1.29, 1.82) is 0 Å². The predicted molar refractivity (Wildman–Crippen MR) is 50.8 cm³/mol. The van der Waals surface area contributed by atoms with Gasteiger partial charge in [-0.05, 0) is 13.5 Å². The molecule has 0 fully saturated rings. The number of rotatable bonds is 7. The van der Waals surface area contributed by atoms with Crippen LogP contribution >= 0.6 is 0 Å². The zero-order chi connectivity index (χ0) is 10.3. The molecule has 0 aliphatic rings. The Bertz CT molecular complexity index is 180. The van der Waals surface area contributed by atoms with Crippen LogP contribution in [-0.2, 0) is 9.53 Å². The van der Waals surface area contributed by atoms with Crippen molar-refractivity contribution in [3.05, 3.63) is 12.2 Å². The number of methoxy groups -OCH3 is 1. The Morgan fingerprint density at radius 1 is 1.62 bits per heavy atom. The monoisotopic (exact) mass is 187 g/mol. The number of hydrogen-bond donors (Lipinski definition) is 1. The lowest BCUT2D eigenvalue weighted by atomic mass is 10.3. The first-order valence-corrected chi connectivity index (χ1v) is 4.16. The molecule has 1 N–H and O–H groups in total. The van der Waals surface area contributed by atoms with Crippen molar-refractivity contribution >= 4 is 5.97 Å². The van der Waals surface area contributed by atoms with Gasteiger partial charge in [0.05, 0.1) is 0 Å². The van der Waals surface area contributed by atoms with Crippen LogP contribution in [0.3, 0.4) is 0 Å². The minimum Gasteiger partial charge on any atom is -0.478 e. The second-order valence-corrected chi connectivity index (χ2v) is 2.99. The van der Waals surface area contributed by atoms with Crippen molar-refractivity contribution < 1.29 is 14.6 Å². The molecule has 76 valence electrons. The zero-order valence-electron chi connectivity index (χ0n) is 8.25. The summed E-state index contributed by atoms with van der Waals surface area (Å²) in [6, 6.07) is 0. The first kappa shape index (κ1) is 12.1. The number of nitrogens with zero attached hydrogens (tertiary/aromatic N) is 1. The van der Waals surface area contributed by atoms with Gasteiger partial charge in [-0.3, -0.25) is 0 Å². The summed E-state index contributed by atoms with van der Waals surface area (Å²) in [5.74, 6) is -0.932. The molecular formula is C9H17NO3. The second-order valence-electron chi connectivity index (χ2n) is 2.99. The van der Waals surface area contributed by atoms with Crippen molar-refractivity contribution in [1.82, 2.24) is 4.90 Å². The lowest BCUT2D eigenvalue weighted by molar-refractivity contribution is -0.132. The maximum Gasteiger partial charge on any atom is 0.332 e. The number of carboxylic acids is 1. The third kappa shape index (κ3) is 6.31. The van der Waals surface area contributed by atoms with E-state index in [-0.39, 0.29) is 5.57 Å². The van der Waals surface area contributed by atoms with E-state index in [1.54, 1.807) is 7.11 Å². The van der Waals surface area contributed by atoms with E-state index in [9.17, 15) is 4.79 Å². The van der Waals surface area contributed by atoms with Crippen LogP contribution in [-0.4, -0.2) is 49.8 Å². The third-order valence-electron chi connectivity index (χ3n) is 1.65. The van der Waals surface area contributed by atoms with Gasteiger partial charge in [-0.1, -0.05) is 6.58 Å². The molecule has 0 spiro atoms. The molecule has 0 rings (SSSR count). The van der Waals surface area contributed by atoms with Crippen molar-refractivity contribution in [3.63, 3.8) is 0 Å². The van der Waals surface area contributed by atoms with Gasteiger partial charge >= 0.3 is 5.97 Å². The molecule has 4 nitrogen and oxygen atoms in total. The largest absolute Gasteiger partial charge is 0.478 e. The zero-order valence-corrected chi connectivity index (χ0v) is 8.25. The van der Waals surface area contributed by atoms with E-state index in [0.29, 0.717) is 13.2 Å². The molecule has 0 aromatic rings. The second kappa shape index (κ2) is 6.62. The lowest BCUT2D eigenvalue weighted by Gasteiger charge is -2.15. The van der Waals surface area contributed by atoms with E-state index in [1.807, 2.05) is 11.9 Å². The van der Waals surface area contributed by atoms with E-state index in [4.69, 9.17) is 9.84 Å². The first-order valence-electron chi connectivity index (χ1n) is 4.16. The van der Waals surface area contributed by atoms with Crippen molar-refractivity contribution in [2.24, 2.45) is 0 Å². The molecular weight excluding hydrogens is 170 g/mol. The molecule has 0 heterocycles. The number of carboxylic acid groups (broad SMARTS) is 1. The molecule has 0 bridgehead atoms. The van der Waals surface area contributed by atoms with Gasteiger partial charge in [0.25, 0.3) is 0 Å². The van der Waals surface area contributed by atoms with E-state index in [0.717, 1.165) is 13.0 Å². The fraction of sp³-hybridized carbons (Fsp3) is 0.667. The highest BCUT2D eigenvalue weighted by Crippen LogP contribution is 1.95. The van der Waals surface area contributed by atoms with Crippen LogP contribution in [0.4, 0.5) is 0 Å². The van der Waals surface area contributed by atoms with E-state index in [2.05, 4.69) is 6.58 Å². The fourth-order valence-electron chi connectivity index (χ4n) is 0.951. The third-order valence-corrected chi connectivity index (χ3v) is 1.65. The van der Waals surface area contributed by atoms with Crippen LogP contribution in [0.5, 0.6) is 0 Å². The highest BCUT2D eigenvalue weighted by Gasteiger charge is 2.06. The van der Waals surface area contributed by atoms with E-state index in [1.165, 1.54) is 0 Å². The van der Waals surface area contributed by atoms with Gasteiger partial charge in [-0.2, -0.15) is 0 Å². The fourth-order valence-corrected chi connectivity index (χ4v) is 0.951. The Kier molecular flexibility index (Phi) is 6.18. The van der Waals surface area contributed by atoms with Gasteiger partial charge in [0.15, 0.2) is 0 Å². The van der Waals surface area contributed by atoms with Crippen molar-refractivity contribution in [2.75, 3.05) is 33.9 Å². The molecule has 0 saturated carbocycles. The molecule has 13 heavy (non-hydrogen) atoms. The maximum atomic E-state index is 10.4. The van der Waals surface area contributed by atoms with Crippen LogP contribution in [0, 0.1) is 0 Å². The SMILES string of the molecule is C=C(CN(C)CCCOC)C(=O)O. The molecule has 0 aliphatic carbocycles. The van der Waals surface area contributed by atoms with Gasteiger partial charge in [-0.25, -0.2) is 4.79 Å². The summed E-state index contributed by atoms with van der Waals surface area (Å²) >= 11 is 0. The van der Waals surface area contributed by atoms with E-state index < -0.39 is 5.97 Å². The van der Waals surface area contributed by atoms with Gasteiger partial charge in [0, 0.05) is 32.4 Å². The van der Waals surface area contributed by atoms with Gasteiger partial charge in [0.2, 0.25) is 0 Å². The highest BCUT2D eigenvalue weighted by molar-refractivity contribution is 5.86.